The Morgan fingerprint density at radius 2 is 2.53 bits per heavy atom. The quantitative estimate of drug-likeness (QED) is 0.703. The third-order valence-electron chi connectivity index (χ3n) is 1.99. The van der Waals surface area contributed by atoms with Gasteiger partial charge in [-0.1, -0.05) is 19.4 Å². The normalized spacial score (nSPS) is 9.93. The van der Waals surface area contributed by atoms with Crippen molar-refractivity contribution in [3.63, 3.8) is 0 Å². The number of anilines is 1. The number of carbonyl (C=O) groups excluding carboxylic acids is 1. The van der Waals surface area contributed by atoms with E-state index in [9.17, 15) is 4.79 Å². The third-order valence-corrected chi connectivity index (χ3v) is 1.99. The number of aromatic amines is 1. The largest absolute Gasteiger partial charge is 0.309 e. The summed E-state index contributed by atoms with van der Waals surface area (Å²) in [5.74, 6) is 0.581. The van der Waals surface area contributed by atoms with Crippen molar-refractivity contribution >= 4 is 11.7 Å². The van der Waals surface area contributed by atoms with Gasteiger partial charge in [-0.15, -0.1) is 6.58 Å². The molecule has 1 heterocycles. The summed E-state index contributed by atoms with van der Waals surface area (Å²) >= 11 is 0. The van der Waals surface area contributed by atoms with Crippen LogP contribution in [0.5, 0.6) is 0 Å². The molecule has 0 atom stereocenters. The molecule has 4 heteroatoms. The highest BCUT2D eigenvalue weighted by Gasteiger charge is 2.04. The molecule has 2 N–H and O–H groups in total. The Balaban J connectivity index is 2.42. The second kappa shape index (κ2) is 6.01. The number of aryl methyl sites for hydroxylation is 1. The predicted molar refractivity (Wildman–Crippen MR) is 60.6 cm³/mol. The fraction of sp³-hybridized carbons (Fsp3) is 0.455. The molecule has 0 aliphatic heterocycles. The summed E-state index contributed by atoms with van der Waals surface area (Å²) < 4.78 is 0. The summed E-state index contributed by atoms with van der Waals surface area (Å²) in [4.78, 5) is 11.3. The molecule has 1 rings (SSSR count). The summed E-state index contributed by atoms with van der Waals surface area (Å²) in [5, 5.41) is 9.61. The zero-order valence-corrected chi connectivity index (χ0v) is 9.05. The van der Waals surface area contributed by atoms with E-state index in [-0.39, 0.29) is 5.91 Å². The molecule has 0 fully saturated rings. The van der Waals surface area contributed by atoms with Gasteiger partial charge in [-0.25, -0.2) is 0 Å². The lowest BCUT2D eigenvalue weighted by Crippen LogP contribution is -2.10. The van der Waals surface area contributed by atoms with Crippen LogP contribution in [-0.2, 0) is 11.2 Å². The summed E-state index contributed by atoms with van der Waals surface area (Å²) in [5.41, 5.74) is 1.05. The molecular formula is C11H17N3O. The first-order valence-electron chi connectivity index (χ1n) is 5.21. The number of carbonyl (C=O) groups is 1. The van der Waals surface area contributed by atoms with E-state index in [0.717, 1.165) is 18.5 Å². The van der Waals surface area contributed by atoms with E-state index in [2.05, 4.69) is 29.0 Å². The van der Waals surface area contributed by atoms with Crippen molar-refractivity contribution in [2.45, 2.75) is 32.6 Å². The fourth-order valence-corrected chi connectivity index (χ4v) is 1.26. The number of hydrogen-bond acceptors (Lipinski definition) is 2. The zero-order valence-electron chi connectivity index (χ0n) is 9.05. The SMILES string of the molecule is C=CCCC(=O)Nc1cc(CCC)[nH]n1. The summed E-state index contributed by atoms with van der Waals surface area (Å²) in [7, 11) is 0. The molecule has 15 heavy (non-hydrogen) atoms. The maximum atomic E-state index is 11.3. The van der Waals surface area contributed by atoms with Crippen molar-refractivity contribution in [3.05, 3.63) is 24.4 Å². The molecule has 0 aliphatic rings. The van der Waals surface area contributed by atoms with E-state index in [1.54, 1.807) is 6.08 Å². The van der Waals surface area contributed by atoms with E-state index < -0.39 is 0 Å². The van der Waals surface area contributed by atoms with Crippen LogP contribution >= 0.6 is 0 Å². The Hall–Kier alpha value is -1.58. The molecule has 0 saturated heterocycles. The van der Waals surface area contributed by atoms with Crippen LogP contribution in [0.4, 0.5) is 5.82 Å². The van der Waals surface area contributed by atoms with Crippen molar-refractivity contribution in [2.75, 3.05) is 5.32 Å². The zero-order chi connectivity index (χ0) is 11.1. The van der Waals surface area contributed by atoms with E-state index in [4.69, 9.17) is 0 Å². The lowest BCUT2D eigenvalue weighted by Gasteiger charge is -1.98. The first kappa shape index (κ1) is 11.5. The second-order valence-electron chi connectivity index (χ2n) is 3.40. The second-order valence-corrected chi connectivity index (χ2v) is 3.40. The van der Waals surface area contributed by atoms with Gasteiger partial charge < -0.3 is 5.32 Å². The number of nitrogens with one attached hydrogen (secondary N) is 2. The Morgan fingerprint density at radius 1 is 1.73 bits per heavy atom. The number of H-pyrrole nitrogens is 1. The van der Waals surface area contributed by atoms with Crippen molar-refractivity contribution in [1.82, 2.24) is 10.2 Å². The van der Waals surface area contributed by atoms with E-state index in [1.807, 2.05) is 6.07 Å². The van der Waals surface area contributed by atoms with Gasteiger partial charge in [0.15, 0.2) is 5.82 Å². The lowest BCUT2D eigenvalue weighted by molar-refractivity contribution is -0.116. The number of nitrogens with zero attached hydrogens (tertiary/aromatic N) is 1. The number of aromatic nitrogens is 2. The van der Waals surface area contributed by atoms with Crippen LogP contribution in [0.2, 0.25) is 0 Å². The van der Waals surface area contributed by atoms with Crippen molar-refractivity contribution in [1.29, 1.82) is 0 Å². The molecule has 0 radical (unpaired) electrons. The molecule has 0 unspecified atom stereocenters. The minimum atomic E-state index is -0.0237. The summed E-state index contributed by atoms with van der Waals surface area (Å²) in [6.07, 6.45) is 4.89. The molecule has 1 amide bonds. The van der Waals surface area contributed by atoms with Gasteiger partial charge in [-0.2, -0.15) is 5.10 Å². The smallest absolute Gasteiger partial charge is 0.225 e. The number of hydrogen-bond donors (Lipinski definition) is 2. The molecule has 0 aliphatic carbocycles. The van der Waals surface area contributed by atoms with Crippen LogP contribution in [0.1, 0.15) is 31.9 Å². The van der Waals surface area contributed by atoms with Crippen molar-refractivity contribution in [3.8, 4) is 0 Å². The van der Waals surface area contributed by atoms with Crippen LogP contribution in [0.15, 0.2) is 18.7 Å². The molecule has 82 valence electrons. The first-order chi connectivity index (χ1) is 7.26. The lowest BCUT2D eigenvalue weighted by atomic mass is 10.2. The van der Waals surface area contributed by atoms with Gasteiger partial charge in [0.05, 0.1) is 0 Å². The van der Waals surface area contributed by atoms with Crippen LogP contribution in [-0.4, -0.2) is 16.1 Å². The molecule has 1 aromatic rings. The van der Waals surface area contributed by atoms with Gasteiger partial charge in [0.1, 0.15) is 0 Å². The maximum absolute atomic E-state index is 11.3. The number of amides is 1. The minimum Gasteiger partial charge on any atom is -0.309 e. The van der Waals surface area contributed by atoms with Gasteiger partial charge >= 0.3 is 0 Å². The predicted octanol–water partition coefficient (Wildman–Crippen LogP) is 2.27. The highest BCUT2D eigenvalue weighted by atomic mass is 16.1. The third kappa shape index (κ3) is 3.97. The molecular weight excluding hydrogens is 190 g/mol. The minimum absolute atomic E-state index is 0.0237. The van der Waals surface area contributed by atoms with Gasteiger partial charge in [0.2, 0.25) is 5.91 Å². The molecule has 1 aromatic heterocycles. The van der Waals surface area contributed by atoms with Gasteiger partial charge in [0, 0.05) is 18.2 Å². The topological polar surface area (TPSA) is 57.8 Å². The Bertz CT molecular complexity index is 330. The van der Waals surface area contributed by atoms with E-state index in [0.29, 0.717) is 18.7 Å². The van der Waals surface area contributed by atoms with Gasteiger partial charge in [-0.3, -0.25) is 9.89 Å². The van der Waals surface area contributed by atoms with Gasteiger partial charge in [-0.05, 0) is 12.8 Å². The molecule has 0 bridgehead atoms. The summed E-state index contributed by atoms with van der Waals surface area (Å²) in [6.45, 7) is 5.67. The van der Waals surface area contributed by atoms with Crippen LogP contribution in [0.25, 0.3) is 0 Å². The van der Waals surface area contributed by atoms with Crippen molar-refractivity contribution in [2.24, 2.45) is 0 Å². The Morgan fingerprint density at radius 3 is 3.20 bits per heavy atom. The Labute approximate surface area is 89.8 Å². The molecule has 0 spiro atoms. The average molecular weight is 207 g/mol. The standard InChI is InChI=1S/C11H17N3O/c1-3-5-7-11(15)12-10-8-9(6-4-2)13-14-10/h3,8H,1,4-7H2,2H3,(H2,12,13,14,15). The summed E-state index contributed by atoms with van der Waals surface area (Å²) in [6, 6.07) is 1.87. The first-order valence-corrected chi connectivity index (χ1v) is 5.21. The molecule has 4 nitrogen and oxygen atoms in total. The highest BCUT2D eigenvalue weighted by molar-refractivity contribution is 5.89. The van der Waals surface area contributed by atoms with Crippen LogP contribution in [0.3, 0.4) is 0 Å². The monoisotopic (exact) mass is 207 g/mol. The average Bonchev–Trinajstić information content (AvgIpc) is 2.63. The van der Waals surface area contributed by atoms with Gasteiger partial charge in [0.25, 0.3) is 0 Å². The van der Waals surface area contributed by atoms with Crippen LogP contribution in [0, 0.1) is 0 Å². The highest BCUT2D eigenvalue weighted by Crippen LogP contribution is 2.07. The van der Waals surface area contributed by atoms with Crippen LogP contribution < -0.4 is 5.32 Å². The van der Waals surface area contributed by atoms with E-state index >= 15 is 0 Å². The number of allylic oxidation sites excluding steroid dienone is 1. The molecule has 0 aromatic carbocycles. The maximum Gasteiger partial charge on any atom is 0.225 e. The Kier molecular flexibility index (Phi) is 4.60. The fourth-order valence-electron chi connectivity index (χ4n) is 1.26. The van der Waals surface area contributed by atoms with Crippen molar-refractivity contribution < 1.29 is 4.79 Å². The van der Waals surface area contributed by atoms with E-state index in [1.165, 1.54) is 0 Å². The molecule has 0 saturated carbocycles. The number of rotatable bonds is 6.